The van der Waals surface area contributed by atoms with Gasteiger partial charge in [0.25, 0.3) is 0 Å². The number of ether oxygens (including phenoxy) is 2. The van der Waals surface area contributed by atoms with E-state index in [1.807, 2.05) is 0 Å². The molecule has 0 aliphatic carbocycles. The van der Waals surface area contributed by atoms with Gasteiger partial charge in [-0.25, -0.2) is 0 Å². The smallest absolute Gasteiger partial charge is 0.387 e. The Balaban J connectivity index is 1.65. The van der Waals surface area contributed by atoms with Crippen LogP contribution in [0.4, 0.5) is 14.5 Å². The van der Waals surface area contributed by atoms with E-state index in [1.165, 1.54) is 24.1 Å². The first-order valence-corrected chi connectivity index (χ1v) is 9.65. The van der Waals surface area contributed by atoms with Gasteiger partial charge in [0.05, 0.1) is 24.8 Å². The number of amides is 2. The molecule has 30 heavy (non-hydrogen) atoms. The maximum absolute atomic E-state index is 12.7. The van der Waals surface area contributed by atoms with E-state index in [2.05, 4.69) is 10.1 Å². The van der Waals surface area contributed by atoms with Crippen LogP contribution in [0.25, 0.3) is 0 Å². The van der Waals surface area contributed by atoms with Crippen molar-refractivity contribution < 1.29 is 27.8 Å². The number of anilines is 1. The fraction of sp³-hybridized carbons (Fsp3) is 0.333. The molecule has 2 atom stereocenters. The standard InChI is InChI=1S/C21H21ClF2N2O4/c1-12(13-3-6-16(7-4-13)30-21(23)24)25-20(28)14-9-19(27)26(11-14)17-10-15(22)5-8-18(17)29-2/h3-8,10,12,14,21H,9,11H2,1-2H3,(H,25,28)/t12-,14-/m1/s1. The second kappa shape index (κ2) is 9.30. The highest BCUT2D eigenvalue weighted by Gasteiger charge is 2.36. The molecule has 160 valence electrons. The van der Waals surface area contributed by atoms with E-state index in [-0.39, 0.29) is 36.6 Å². The molecule has 9 heteroatoms. The van der Waals surface area contributed by atoms with E-state index in [4.69, 9.17) is 16.3 Å². The van der Waals surface area contributed by atoms with Crippen molar-refractivity contribution in [2.75, 3.05) is 18.6 Å². The highest BCUT2D eigenvalue weighted by Crippen LogP contribution is 2.35. The summed E-state index contributed by atoms with van der Waals surface area (Å²) in [7, 11) is 1.50. The number of carbonyl (C=O) groups is 2. The van der Waals surface area contributed by atoms with E-state index >= 15 is 0 Å². The average molecular weight is 439 g/mol. The van der Waals surface area contributed by atoms with Gasteiger partial charge in [-0.3, -0.25) is 9.59 Å². The van der Waals surface area contributed by atoms with Crippen molar-refractivity contribution in [2.45, 2.75) is 26.0 Å². The number of rotatable bonds is 7. The summed E-state index contributed by atoms with van der Waals surface area (Å²) in [5.74, 6) is -0.470. The largest absolute Gasteiger partial charge is 0.495 e. The minimum atomic E-state index is -2.89. The van der Waals surface area contributed by atoms with Gasteiger partial charge >= 0.3 is 6.61 Å². The van der Waals surface area contributed by atoms with Crippen molar-refractivity contribution in [1.82, 2.24) is 5.32 Å². The molecule has 0 spiro atoms. The topological polar surface area (TPSA) is 67.9 Å². The minimum Gasteiger partial charge on any atom is -0.495 e. The van der Waals surface area contributed by atoms with Crippen molar-refractivity contribution in [2.24, 2.45) is 5.92 Å². The molecule has 1 saturated heterocycles. The molecule has 0 saturated carbocycles. The molecule has 1 aliphatic heterocycles. The number of halogens is 3. The third-order valence-electron chi connectivity index (χ3n) is 4.89. The zero-order valence-electron chi connectivity index (χ0n) is 16.4. The summed E-state index contributed by atoms with van der Waals surface area (Å²) in [5.41, 5.74) is 1.25. The first kappa shape index (κ1) is 21.8. The molecule has 0 unspecified atom stereocenters. The maximum atomic E-state index is 12.7. The number of hydrogen-bond acceptors (Lipinski definition) is 4. The molecule has 2 aromatic rings. The van der Waals surface area contributed by atoms with Gasteiger partial charge in [-0.05, 0) is 42.8 Å². The monoisotopic (exact) mass is 438 g/mol. The van der Waals surface area contributed by atoms with Crippen molar-refractivity contribution in [3.63, 3.8) is 0 Å². The van der Waals surface area contributed by atoms with Crippen LogP contribution in [0.5, 0.6) is 11.5 Å². The second-order valence-electron chi connectivity index (χ2n) is 6.90. The van der Waals surface area contributed by atoms with Crippen molar-refractivity contribution in [1.29, 1.82) is 0 Å². The second-order valence-corrected chi connectivity index (χ2v) is 7.34. The molecule has 1 aliphatic rings. The molecule has 1 N–H and O–H groups in total. The van der Waals surface area contributed by atoms with Crippen LogP contribution < -0.4 is 19.7 Å². The molecular weight excluding hydrogens is 418 g/mol. The van der Waals surface area contributed by atoms with Crippen LogP contribution in [0.2, 0.25) is 5.02 Å². The SMILES string of the molecule is COc1ccc(Cl)cc1N1C[C@H](C(=O)N[C@H](C)c2ccc(OC(F)F)cc2)CC1=O. The number of nitrogens with one attached hydrogen (secondary N) is 1. The number of hydrogen-bond donors (Lipinski definition) is 1. The van der Waals surface area contributed by atoms with Crippen LogP contribution in [-0.2, 0) is 9.59 Å². The van der Waals surface area contributed by atoms with Gasteiger partial charge in [-0.1, -0.05) is 23.7 Å². The Kier molecular flexibility index (Phi) is 6.77. The van der Waals surface area contributed by atoms with Crippen LogP contribution in [-0.4, -0.2) is 32.1 Å². The Morgan fingerprint density at radius 2 is 1.93 bits per heavy atom. The lowest BCUT2D eigenvalue weighted by Crippen LogP contribution is -2.34. The lowest BCUT2D eigenvalue weighted by atomic mass is 10.0. The Hall–Kier alpha value is -2.87. The Morgan fingerprint density at radius 3 is 2.57 bits per heavy atom. The van der Waals surface area contributed by atoms with E-state index in [0.29, 0.717) is 16.5 Å². The molecule has 1 heterocycles. The van der Waals surface area contributed by atoms with Crippen molar-refractivity contribution in [3.05, 3.63) is 53.1 Å². The molecule has 0 bridgehead atoms. The summed E-state index contributed by atoms with van der Waals surface area (Å²) >= 11 is 6.05. The molecule has 0 radical (unpaired) electrons. The van der Waals surface area contributed by atoms with Gasteiger partial charge in [0.1, 0.15) is 11.5 Å². The highest BCUT2D eigenvalue weighted by molar-refractivity contribution is 6.31. The molecule has 1 fully saturated rings. The molecule has 2 amide bonds. The molecule has 6 nitrogen and oxygen atoms in total. The number of methoxy groups -OCH3 is 1. The van der Waals surface area contributed by atoms with E-state index in [1.54, 1.807) is 37.3 Å². The zero-order chi connectivity index (χ0) is 21.8. The summed E-state index contributed by atoms with van der Waals surface area (Å²) in [6.07, 6.45) is 0.0649. The Labute approximate surface area is 177 Å². The van der Waals surface area contributed by atoms with Crippen LogP contribution in [0, 0.1) is 5.92 Å². The van der Waals surface area contributed by atoms with Gasteiger partial charge in [0.2, 0.25) is 11.8 Å². The average Bonchev–Trinajstić information content (AvgIpc) is 3.09. The summed E-state index contributed by atoms with van der Waals surface area (Å²) in [6.45, 7) is -0.918. The molecule has 0 aromatic heterocycles. The van der Waals surface area contributed by atoms with E-state index in [9.17, 15) is 18.4 Å². The quantitative estimate of drug-likeness (QED) is 0.704. The maximum Gasteiger partial charge on any atom is 0.387 e. The van der Waals surface area contributed by atoms with Crippen molar-refractivity contribution >= 4 is 29.1 Å². The van der Waals surface area contributed by atoms with Crippen molar-refractivity contribution in [3.8, 4) is 11.5 Å². The first-order chi connectivity index (χ1) is 14.3. The Bertz CT molecular complexity index is 924. The predicted molar refractivity (Wildman–Crippen MR) is 108 cm³/mol. The van der Waals surface area contributed by atoms with E-state index in [0.717, 1.165) is 5.56 Å². The van der Waals surface area contributed by atoms with E-state index < -0.39 is 12.5 Å². The third kappa shape index (κ3) is 4.99. The number of benzene rings is 2. The van der Waals surface area contributed by atoms with Crippen LogP contribution in [0.1, 0.15) is 24.9 Å². The van der Waals surface area contributed by atoms with Crippen LogP contribution >= 0.6 is 11.6 Å². The van der Waals surface area contributed by atoms with Gasteiger partial charge in [0, 0.05) is 18.0 Å². The highest BCUT2D eigenvalue weighted by atomic mass is 35.5. The number of alkyl halides is 2. The minimum absolute atomic E-state index is 0.0415. The Morgan fingerprint density at radius 1 is 1.23 bits per heavy atom. The summed E-state index contributed by atoms with van der Waals surface area (Å²) < 4.78 is 34.1. The van der Waals surface area contributed by atoms with Crippen LogP contribution in [0.3, 0.4) is 0 Å². The summed E-state index contributed by atoms with van der Waals surface area (Å²) in [5, 5.41) is 3.32. The molecular formula is C21H21ClF2N2O4. The fourth-order valence-electron chi connectivity index (χ4n) is 3.34. The first-order valence-electron chi connectivity index (χ1n) is 9.27. The normalized spacial score (nSPS) is 17.2. The lowest BCUT2D eigenvalue weighted by Gasteiger charge is -2.21. The number of carbonyl (C=O) groups excluding carboxylic acids is 2. The zero-order valence-corrected chi connectivity index (χ0v) is 17.2. The van der Waals surface area contributed by atoms with Gasteiger partial charge < -0.3 is 19.7 Å². The molecule has 3 rings (SSSR count). The fourth-order valence-corrected chi connectivity index (χ4v) is 3.51. The van der Waals surface area contributed by atoms with Gasteiger partial charge in [0.15, 0.2) is 0 Å². The van der Waals surface area contributed by atoms with Gasteiger partial charge in [-0.2, -0.15) is 8.78 Å². The third-order valence-corrected chi connectivity index (χ3v) is 5.13. The summed E-state index contributed by atoms with van der Waals surface area (Å²) in [6, 6.07) is 10.6. The molecule has 2 aromatic carbocycles. The predicted octanol–water partition coefficient (Wildman–Crippen LogP) is 4.18. The van der Waals surface area contributed by atoms with Crippen LogP contribution in [0.15, 0.2) is 42.5 Å². The summed E-state index contributed by atoms with van der Waals surface area (Å²) in [4.78, 5) is 26.7. The lowest BCUT2D eigenvalue weighted by molar-refractivity contribution is -0.126. The van der Waals surface area contributed by atoms with Gasteiger partial charge in [-0.15, -0.1) is 0 Å². The number of nitrogens with zero attached hydrogens (tertiary/aromatic N) is 1.